The number of carbonyl (C=O) groups is 1. The first kappa shape index (κ1) is 23.9. The van der Waals surface area contributed by atoms with Crippen molar-refractivity contribution in [1.82, 2.24) is 9.88 Å². The Labute approximate surface area is 193 Å². The van der Waals surface area contributed by atoms with Gasteiger partial charge in [0.1, 0.15) is 12.4 Å². The molecule has 8 heteroatoms. The number of para-hydroxylation sites is 1. The van der Waals surface area contributed by atoms with Gasteiger partial charge in [-0.3, -0.25) is 9.69 Å². The van der Waals surface area contributed by atoms with Gasteiger partial charge in [-0.25, -0.2) is 4.39 Å². The highest BCUT2D eigenvalue weighted by Gasteiger charge is 2.29. The lowest BCUT2D eigenvalue weighted by Gasteiger charge is -2.35. The Morgan fingerprint density at radius 3 is 2.88 bits per heavy atom. The third-order valence-corrected chi connectivity index (χ3v) is 6.13. The van der Waals surface area contributed by atoms with E-state index in [1.807, 2.05) is 18.3 Å². The summed E-state index contributed by atoms with van der Waals surface area (Å²) in [6.07, 6.45) is 4.48. The maximum Gasteiger partial charge on any atom is 0.249 e. The Hall–Kier alpha value is -2.77. The number of amides is 1. The van der Waals surface area contributed by atoms with Crippen molar-refractivity contribution >= 4 is 29.2 Å². The van der Waals surface area contributed by atoms with E-state index >= 15 is 0 Å². The molecule has 6 nitrogen and oxygen atoms in total. The van der Waals surface area contributed by atoms with Gasteiger partial charge in [0.15, 0.2) is 11.6 Å². The molecule has 32 heavy (non-hydrogen) atoms. The Kier molecular flexibility index (Phi) is 7.64. The van der Waals surface area contributed by atoms with E-state index < -0.39 is 11.7 Å². The molecule has 0 saturated carbocycles. The minimum atomic E-state index is -0.557. The fourth-order valence-electron chi connectivity index (χ4n) is 4.53. The van der Waals surface area contributed by atoms with E-state index in [0.29, 0.717) is 24.2 Å². The number of H-pyrrole nitrogens is 1. The number of hydrogen-bond donors (Lipinski definition) is 2. The summed E-state index contributed by atoms with van der Waals surface area (Å²) in [6, 6.07) is 8.82. The largest absolute Gasteiger partial charge is 0.495 e. The molecule has 4 rings (SSSR count). The molecule has 1 amide bonds. The number of fused-ring (bicyclic) bond motifs is 2. The summed E-state index contributed by atoms with van der Waals surface area (Å²) in [5.41, 5.74) is 8.69. The molecule has 0 fully saturated rings. The summed E-state index contributed by atoms with van der Waals surface area (Å²) >= 11 is 0. The second-order valence-electron chi connectivity index (χ2n) is 7.86. The van der Waals surface area contributed by atoms with Gasteiger partial charge in [0, 0.05) is 28.8 Å². The summed E-state index contributed by atoms with van der Waals surface area (Å²) in [6.45, 7) is 4.21. The van der Waals surface area contributed by atoms with Crippen molar-refractivity contribution in [3.05, 3.63) is 59.0 Å². The van der Waals surface area contributed by atoms with Gasteiger partial charge >= 0.3 is 0 Å². The van der Waals surface area contributed by atoms with Crippen molar-refractivity contribution in [1.29, 1.82) is 0 Å². The van der Waals surface area contributed by atoms with Crippen molar-refractivity contribution in [2.45, 2.75) is 32.2 Å². The highest BCUT2D eigenvalue weighted by molar-refractivity contribution is 5.95. The van der Waals surface area contributed by atoms with Gasteiger partial charge in [0.25, 0.3) is 0 Å². The molecule has 1 aliphatic heterocycles. The topological polar surface area (TPSA) is 80.6 Å². The number of nitrogens with two attached hydrogens (primary N) is 1. The number of nitrogens with zero attached hydrogens (tertiary/aromatic N) is 1. The first-order valence-electron chi connectivity index (χ1n) is 10.6. The molecule has 0 bridgehead atoms. The number of methoxy groups -OCH3 is 1. The van der Waals surface area contributed by atoms with Gasteiger partial charge in [0.05, 0.1) is 12.6 Å². The summed E-state index contributed by atoms with van der Waals surface area (Å²) in [4.78, 5) is 17.5. The van der Waals surface area contributed by atoms with Gasteiger partial charge in [0.2, 0.25) is 5.91 Å². The van der Waals surface area contributed by atoms with E-state index in [1.165, 1.54) is 23.1 Å². The van der Waals surface area contributed by atoms with Gasteiger partial charge < -0.3 is 20.2 Å². The maximum atomic E-state index is 14.2. The lowest BCUT2D eigenvalue weighted by molar-refractivity contribution is 0.0987. The number of carbonyl (C=O) groups excluding carboxylic acids is 1. The lowest BCUT2D eigenvalue weighted by atomic mass is 9.95. The molecule has 0 saturated heterocycles. The molecule has 1 aliphatic rings. The van der Waals surface area contributed by atoms with Crippen LogP contribution in [0, 0.1) is 5.82 Å². The van der Waals surface area contributed by atoms with Crippen LogP contribution >= 0.6 is 12.4 Å². The van der Waals surface area contributed by atoms with E-state index in [0.717, 1.165) is 37.2 Å². The predicted molar refractivity (Wildman–Crippen MR) is 126 cm³/mol. The smallest absolute Gasteiger partial charge is 0.249 e. The van der Waals surface area contributed by atoms with Gasteiger partial charge in [-0.05, 0) is 56.1 Å². The number of likely N-dealkylation sites (N-methyl/N-ethyl adjacent to an activating group) is 1. The molecular weight excluding hydrogens is 433 g/mol. The molecule has 1 unspecified atom stereocenters. The molecule has 3 aromatic rings. The van der Waals surface area contributed by atoms with Crippen LogP contribution in [0.1, 0.15) is 34.8 Å². The number of nitrogens with one attached hydrogen (secondary N) is 1. The zero-order valence-corrected chi connectivity index (χ0v) is 19.1. The normalized spacial score (nSPS) is 15.2. The molecular formula is C24H29ClFN3O3. The monoisotopic (exact) mass is 461 g/mol. The molecule has 2 aromatic carbocycles. The quantitative estimate of drug-likeness (QED) is 0.529. The van der Waals surface area contributed by atoms with Crippen LogP contribution < -0.4 is 15.2 Å². The van der Waals surface area contributed by atoms with Gasteiger partial charge in [-0.2, -0.15) is 0 Å². The Bertz CT molecular complexity index is 1100. The number of hydrogen-bond acceptors (Lipinski definition) is 4. The Morgan fingerprint density at radius 2 is 2.16 bits per heavy atom. The molecule has 3 N–H and O–H groups in total. The van der Waals surface area contributed by atoms with E-state index in [2.05, 4.69) is 22.9 Å². The average Bonchev–Trinajstić information content (AvgIpc) is 3.19. The average molecular weight is 462 g/mol. The Morgan fingerprint density at radius 1 is 1.34 bits per heavy atom. The van der Waals surface area contributed by atoms with Crippen LogP contribution in [-0.2, 0) is 12.8 Å². The van der Waals surface area contributed by atoms with Crippen LogP contribution in [0.15, 0.2) is 36.5 Å². The minimum Gasteiger partial charge on any atom is -0.495 e. The van der Waals surface area contributed by atoms with Gasteiger partial charge in [-0.1, -0.05) is 19.1 Å². The molecule has 0 aliphatic carbocycles. The Balaban J connectivity index is 0.00000289. The van der Waals surface area contributed by atoms with Crippen molar-refractivity contribution in [3.8, 4) is 11.5 Å². The van der Waals surface area contributed by atoms with Crippen LogP contribution in [0.25, 0.3) is 10.9 Å². The first-order chi connectivity index (χ1) is 15.0. The summed E-state index contributed by atoms with van der Waals surface area (Å²) in [5.74, 6) is 0.000333. The second-order valence-corrected chi connectivity index (χ2v) is 7.86. The van der Waals surface area contributed by atoms with Crippen LogP contribution in [0.2, 0.25) is 0 Å². The van der Waals surface area contributed by atoms with E-state index in [4.69, 9.17) is 15.2 Å². The summed E-state index contributed by atoms with van der Waals surface area (Å²) < 4.78 is 25.3. The number of aryl methyl sites for hydroxylation is 1. The zero-order valence-electron chi connectivity index (χ0n) is 18.3. The predicted octanol–water partition coefficient (Wildman–Crippen LogP) is 4.09. The first-order valence-corrected chi connectivity index (χ1v) is 10.6. The van der Waals surface area contributed by atoms with Crippen molar-refractivity contribution in [3.63, 3.8) is 0 Å². The SMILES string of the molecule is CCN(CCCc1c[nH]c2c(OC)cccc12)C1COc2c(F)ccc(C(N)=O)c2C1.Cl. The number of rotatable bonds is 8. The third-order valence-electron chi connectivity index (χ3n) is 6.13. The fraction of sp³-hybridized carbons (Fsp3) is 0.375. The maximum absolute atomic E-state index is 14.2. The summed E-state index contributed by atoms with van der Waals surface area (Å²) in [7, 11) is 1.67. The highest BCUT2D eigenvalue weighted by Crippen LogP contribution is 2.32. The molecule has 0 radical (unpaired) electrons. The lowest BCUT2D eigenvalue weighted by Crippen LogP contribution is -2.44. The minimum absolute atomic E-state index is 0. The number of halogens is 2. The molecule has 172 valence electrons. The number of aromatic nitrogens is 1. The highest BCUT2D eigenvalue weighted by atomic mass is 35.5. The van der Waals surface area contributed by atoms with Crippen molar-refractivity contribution in [2.24, 2.45) is 5.73 Å². The number of benzene rings is 2. The number of primary amides is 1. The van der Waals surface area contributed by atoms with Crippen LogP contribution in [-0.4, -0.2) is 48.6 Å². The molecule has 2 heterocycles. The van der Waals surface area contributed by atoms with Crippen LogP contribution in [0.4, 0.5) is 4.39 Å². The fourth-order valence-corrected chi connectivity index (χ4v) is 4.53. The van der Waals surface area contributed by atoms with Crippen molar-refractivity contribution in [2.75, 3.05) is 26.8 Å². The van der Waals surface area contributed by atoms with Crippen LogP contribution in [0.5, 0.6) is 11.5 Å². The van der Waals surface area contributed by atoms with E-state index in [1.54, 1.807) is 7.11 Å². The standard InChI is InChI=1S/C24H28FN3O3.ClH/c1-3-28(11-5-6-15-13-27-22-17(15)7-4-8-21(22)30-2)16-12-19-18(24(26)29)9-10-20(25)23(19)31-14-16;/h4,7-10,13,16,27H,3,5-6,11-12,14H2,1-2H3,(H2,26,29);1H. The molecule has 1 aromatic heterocycles. The van der Waals surface area contributed by atoms with E-state index in [9.17, 15) is 9.18 Å². The second kappa shape index (κ2) is 10.2. The van der Waals surface area contributed by atoms with Crippen molar-refractivity contribution < 1.29 is 18.7 Å². The number of aromatic amines is 1. The summed E-state index contributed by atoms with van der Waals surface area (Å²) in [5, 5.41) is 1.18. The van der Waals surface area contributed by atoms with Gasteiger partial charge in [-0.15, -0.1) is 12.4 Å². The van der Waals surface area contributed by atoms with E-state index in [-0.39, 0.29) is 24.2 Å². The number of ether oxygens (including phenoxy) is 2. The zero-order chi connectivity index (χ0) is 22.0. The molecule has 0 spiro atoms. The van der Waals surface area contributed by atoms with Crippen LogP contribution in [0.3, 0.4) is 0 Å². The third kappa shape index (κ3) is 4.54. The molecule has 1 atom stereocenters.